The van der Waals surface area contributed by atoms with Gasteiger partial charge in [-0.25, -0.2) is 0 Å². The third kappa shape index (κ3) is 3.43. The van der Waals surface area contributed by atoms with Crippen molar-refractivity contribution in [2.75, 3.05) is 18.5 Å². The van der Waals surface area contributed by atoms with E-state index in [1.165, 1.54) is 0 Å². The Kier molecular flexibility index (Phi) is 3.87. The van der Waals surface area contributed by atoms with Crippen molar-refractivity contribution in [3.05, 3.63) is 29.8 Å². The summed E-state index contributed by atoms with van der Waals surface area (Å²) in [5.74, 6) is 0.179. The molecule has 1 rings (SSSR count). The molecule has 0 aliphatic heterocycles. The first-order valence-corrected chi connectivity index (χ1v) is 4.84. The van der Waals surface area contributed by atoms with E-state index in [2.05, 4.69) is 6.07 Å². The lowest BCUT2D eigenvalue weighted by atomic mass is 10.2. The molecule has 0 aromatic heterocycles. The van der Waals surface area contributed by atoms with E-state index < -0.39 is 0 Å². The number of ketones is 1. The van der Waals surface area contributed by atoms with Gasteiger partial charge in [-0.3, -0.25) is 4.79 Å². The minimum atomic E-state index is 0.179. The average molecular weight is 202 g/mol. The molecule has 78 valence electrons. The van der Waals surface area contributed by atoms with Gasteiger partial charge in [-0.2, -0.15) is 5.26 Å². The number of carbonyl (C=O) groups excluding carboxylic acids is 1. The quantitative estimate of drug-likeness (QED) is 0.749. The summed E-state index contributed by atoms with van der Waals surface area (Å²) < 4.78 is 0. The first kappa shape index (κ1) is 11.3. The van der Waals surface area contributed by atoms with Crippen LogP contribution < -0.4 is 4.90 Å². The van der Waals surface area contributed by atoms with Crippen LogP contribution in [0.3, 0.4) is 0 Å². The lowest BCUT2D eigenvalue weighted by Gasteiger charge is -2.18. The molecule has 0 radical (unpaired) electrons. The SMILES string of the molecule is CC(=O)CCN(C)c1cccc(C#N)c1. The Bertz CT molecular complexity index is 393. The molecular weight excluding hydrogens is 188 g/mol. The third-order valence-corrected chi connectivity index (χ3v) is 2.22. The predicted molar refractivity (Wildman–Crippen MR) is 59.7 cm³/mol. The topological polar surface area (TPSA) is 44.1 Å². The van der Waals surface area contributed by atoms with E-state index in [9.17, 15) is 4.79 Å². The van der Waals surface area contributed by atoms with Crippen molar-refractivity contribution < 1.29 is 4.79 Å². The van der Waals surface area contributed by atoms with Crippen molar-refractivity contribution in [2.45, 2.75) is 13.3 Å². The normalized spacial score (nSPS) is 9.40. The van der Waals surface area contributed by atoms with E-state index in [0.29, 0.717) is 18.5 Å². The lowest BCUT2D eigenvalue weighted by Crippen LogP contribution is -2.20. The van der Waals surface area contributed by atoms with Gasteiger partial charge in [0.2, 0.25) is 0 Å². The molecule has 1 aromatic carbocycles. The largest absolute Gasteiger partial charge is 0.374 e. The van der Waals surface area contributed by atoms with Gasteiger partial charge in [-0.1, -0.05) is 6.07 Å². The first-order valence-electron chi connectivity index (χ1n) is 4.84. The van der Waals surface area contributed by atoms with Crippen LogP contribution in [0.1, 0.15) is 18.9 Å². The fourth-order valence-corrected chi connectivity index (χ4v) is 1.27. The van der Waals surface area contributed by atoms with Gasteiger partial charge in [0.25, 0.3) is 0 Å². The highest BCUT2D eigenvalue weighted by molar-refractivity contribution is 5.76. The number of hydrogen-bond acceptors (Lipinski definition) is 3. The number of nitriles is 1. The molecule has 0 atom stereocenters. The highest BCUT2D eigenvalue weighted by Crippen LogP contribution is 2.14. The maximum atomic E-state index is 10.8. The van der Waals surface area contributed by atoms with Crippen LogP contribution in [0.25, 0.3) is 0 Å². The molecule has 0 aliphatic rings. The Morgan fingerprint density at radius 3 is 2.87 bits per heavy atom. The van der Waals surface area contributed by atoms with Crippen LogP contribution >= 0.6 is 0 Å². The second kappa shape index (κ2) is 5.16. The molecule has 15 heavy (non-hydrogen) atoms. The van der Waals surface area contributed by atoms with Crippen molar-refractivity contribution in [3.8, 4) is 6.07 Å². The van der Waals surface area contributed by atoms with Gasteiger partial charge in [-0.15, -0.1) is 0 Å². The molecule has 3 nitrogen and oxygen atoms in total. The fourth-order valence-electron chi connectivity index (χ4n) is 1.27. The second-order valence-corrected chi connectivity index (χ2v) is 3.54. The molecule has 0 amide bonds. The Labute approximate surface area is 89.9 Å². The van der Waals surface area contributed by atoms with E-state index in [1.54, 1.807) is 13.0 Å². The average Bonchev–Trinajstić information content (AvgIpc) is 2.26. The summed E-state index contributed by atoms with van der Waals surface area (Å²) in [4.78, 5) is 12.8. The number of carbonyl (C=O) groups is 1. The number of hydrogen-bond donors (Lipinski definition) is 0. The number of anilines is 1. The van der Waals surface area contributed by atoms with Crippen molar-refractivity contribution in [1.82, 2.24) is 0 Å². The van der Waals surface area contributed by atoms with Gasteiger partial charge in [-0.05, 0) is 25.1 Å². The maximum absolute atomic E-state index is 10.8. The van der Waals surface area contributed by atoms with E-state index in [-0.39, 0.29) is 5.78 Å². The minimum Gasteiger partial charge on any atom is -0.374 e. The monoisotopic (exact) mass is 202 g/mol. The van der Waals surface area contributed by atoms with Gasteiger partial charge in [0.05, 0.1) is 11.6 Å². The standard InChI is InChI=1S/C12H14N2O/c1-10(15)6-7-14(2)12-5-3-4-11(8-12)9-13/h3-5,8H,6-7H2,1-2H3. The van der Waals surface area contributed by atoms with E-state index in [1.807, 2.05) is 30.1 Å². The van der Waals surface area contributed by atoms with Crippen molar-refractivity contribution in [1.29, 1.82) is 5.26 Å². The summed E-state index contributed by atoms with van der Waals surface area (Å²) in [6, 6.07) is 9.46. The summed E-state index contributed by atoms with van der Waals surface area (Å²) >= 11 is 0. The molecule has 0 unspecified atom stereocenters. The summed E-state index contributed by atoms with van der Waals surface area (Å²) in [7, 11) is 1.92. The number of benzene rings is 1. The second-order valence-electron chi connectivity index (χ2n) is 3.54. The molecule has 0 saturated heterocycles. The molecule has 0 spiro atoms. The molecule has 0 bridgehead atoms. The maximum Gasteiger partial charge on any atom is 0.131 e. The number of nitrogens with zero attached hydrogens (tertiary/aromatic N) is 2. The van der Waals surface area contributed by atoms with Crippen LogP contribution in [0, 0.1) is 11.3 Å². The Morgan fingerprint density at radius 2 is 2.27 bits per heavy atom. The minimum absolute atomic E-state index is 0.179. The van der Waals surface area contributed by atoms with Gasteiger partial charge in [0.1, 0.15) is 5.78 Å². The molecule has 3 heteroatoms. The van der Waals surface area contributed by atoms with E-state index in [0.717, 1.165) is 5.69 Å². The zero-order valence-corrected chi connectivity index (χ0v) is 9.03. The Hall–Kier alpha value is -1.82. The zero-order valence-electron chi connectivity index (χ0n) is 9.03. The predicted octanol–water partition coefficient (Wildman–Crippen LogP) is 1.97. The summed E-state index contributed by atoms with van der Waals surface area (Å²) in [5.41, 5.74) is 1.61. The molecule has 0 N–H and O–H groups in total. The fraction of sp³-hybridized carbons (Fsp3) is 0.333. The number of rotatable bonds is 4. The smallest absolute Gasteiger partial charge is 0.131 e. The first-order chi connectivity index (χ1) is 7.13. The van der Waals surface area contributed by atoms with E-state index in [4.69, 9.17) is 5.26 Å². The van der Waals surface area contributed by atoms with Crippen LogP contribution in [0.4, 0.5) is 5.69 Å². The van der Waals surface area contributed by atoms with Crippen molar-refractivity contribution >= 4 is 11.5 Å². The molecule has 1 aromatic rings. The zero-order chi connectivity index (χ0) is 11.3. The third-order valence-electron chi connectivity index (χ3n) is 2.22. The summed E-state index contributed by atoms with van der Waals surface area (Å²) in [6.07, 6.45) is 0.535. The van der Waals surface area contributed by atoms with Crippen LogP contribution in [0.5, 0.6) is 0 Å². The highest BCUT2D eigenvalue weighted by atomic mass is 16.1. The molecule has 0 aliphatic carbocycles. The van der Waals surface area contributed by atoms with Gasteiger partial charge >= 0.3 is 0 Å². The van der Waals surface area contributed by atoms with Crippen molar-refractivity contribution in [2.24, 2.45) is 0 Å². The van der Waals surface area contributed by atoms with Gasteiger partial charge < -0.3 is 4.90 Å². The van der Waals surface area contributed by atoms with Crippen LogP contribution in [0.2, 0.25) is 0 Å². The van der Waals surface area contributed by atoms with Crippen LogP contribution in [0.15, 0.2) is 24.3 Å². The van der Waals surface area contributed by atoms with Crippen LogP contribution in [-0.2, 0) is 4.79 Å². The molecule has 0 heterocycles. The molecule has 0 fully saturated rings. The Balaban J connectivity index is 2.69. The Morgan fingerprint density at radius 1 is 1.53 bits per heavy atom. The highest BCUT2D eigenvalue weighted by Gasteiger charge is 2.02. The van der Waals surface area contributed by atoms with Gasteiger partial charge in [0.15, 0.2) is 0 Å². The van der Waals surface area contributed by atoms with Crippen molar-refractivity contribution in [3.63, 3.8) is 0 Å². The number of Topliss-reactive ketones (excluding diaryl/α,β-unsaturated/α-hetero) is 1. The summed E-state index contributed by atoms with van der Waals surface area (Å²) in [5, 5.41) is 8.74. The lowest BCUT2D eigenvalue weighted by molar-refractivity contribution is -0.116. The molecular formula is C12H14N2O. The summed E-state index contributed by atoms with van der Waals surface area (Å²) in [6.45, 7) is 2.27. The van der Waals surface area contributed by atoms with Crippen LogP contribution in [-0.4, -0.2) is 19.4 Å². The molecule has 0 saturated carbocycles. The van der Waals surface area contributed by atoms with Gasteiger partial charge in [0, 0.05) is 25.7 Å². The van der Waals surface area contributed by atoms with E-state index >= 15 is 0 Å².